The lowest BCUT2D eigenvalue weighted by atomic mass is 9.78. The van der Waals surface area contributed by atoms with Gasteiger partial charge in [0.25, 0.3) is 0 Å². The Morgan fingerprint density at radius 2 is 1.86 bits per heavy atom. The summed E-state index contributed by atoms with van der Waals surface area (Å²) in [6.45, 7) is 0. The van der Waals surface area contributed by atoms with Gasteiger partial charge in [-0.05, 0) is 37.7 Å². The van der Waals surface area contributed by atoms with Gasteiger partial charge in [-0.3, -0.25) is 0 Å². The van der Waals surface area contributed by atoms with Gasteiger partial charge >= 0.3 is 0 Å². The van der Waals surface area contributed by atoms with Gasteiger partial charge < -0.3 is 4.74 Å². The van der Waals surface area contributed by atoms with E-state index in [-0.39, 0.29) is 0 Å². The molecule has 2 aliphatic rings. The Bertz CT molecular complexity index is 313. The summed E-state index contributed by atoms with van der Waals surface area (Å²) in [5, 5.41) is 0. The molecule has 1 aliphatic heterocycles. The fraction of sp³-hybridized carbons (Fsp3) is 0.538. The second-order valence-electron chi connectivity index (χ2n) is 4.59. The van der Waals surface area contributed by atoms with E-state index in [9.17, 15) is 0 Å². The first-order valence-electron chi connectivity index (χ1n) is 5.61. The third-order valence-electron chi connectivity index (χ3n) is 3.69. The Morgan fingerprint density at radius 1 is 1.07 bits per heavy atom. The fourth-order valence-corrected chi connectivity index (χ4v) is 2.66. The summed E-state index contributed by atoms with van der Waals surface area (Å²) in [5.74, 6) is 0. The average Bonchev–Trinajstić information content (AvgIpc) is 2.63. The first-order chi connectivity index (χ1) is 6.88. The molecule has 2 fully saturated rings. The standard InChI is InChI=1S/C13H16O/c1-2-5-11(6-3-1)12-7-10-13(14-12)8-4-9-13/h1-3,5-6,12H,4,7-10H2. The van der Waals surface area contributed by atoms with E-state index >= 15 is 0 Å². The summed E-state index contributed by atoms with van der Waals surface area (Å²) in [6.07, 6.45) is 6.79. The van der Waals surface area contributed by atoms with Crippen LogP contribution in [0.4, 0.5) is 0 Å². The molecule has 1 spiro atoms. The van der Waals surface area contributed by atoms with Crippen molar-refractivity contribution in [2.75, 3.05) is 0 Å². The third-order valence-corrected chi connectivity index (χ3v) is 3.69. The largest absolute Gasteiger partial charge is 0.367 e. The molecule has 0 radical (unpaired) electrons. The molecule has 1 aromatic carbocycles. The number of hydrogen-bond donors (Lipinski definition) is 0. The zero-order valence-electron chi connectivity index (χ0n) is 8.41. The van der Waals surface area contributed by atoms with Gasteiger partial charge in [0.1, 0.15) is 0 Å². The molecular weight excluding hydrogens is 172 g/mol. The lowest BCUT2D eigenvalue weighted by Gasteiger charge is -2.38. The minimum Gasteiger partial charge on any atom is -0.367 e. The van der Waals surface area contributed by atoms with Crippen molar-refractivity contribution < 1.29 is 4.74 Å². The highest BCUT2D eigenvalue weighted by molar-refractivity contribution is 5.19. The molecule has 1 saturated heterocycles. The number of benzene rings is 1. The number of rotatable bonds is 1. The van der Waals surface area contributed by atoms with Crippen LogP contribution in [-0.2, 0) is 4.74 Å². The van der Waals surface area contributed by atoms with Crippen LogP contribution in [0, 0.1) is 0 Å². The lowest BCUT2D eigenvalue weighted by Crippen LogP contribution is -2.35. The second kappa shape index (κ2) is 3.09. The van der Waals surface area contributed by atoms with Crippen molar-refractivity contribution in [2.45, 2.75) is 43.8 Å². The van der Waals surface area contributed by atoms with Gasteiger partial charge in [-0.25, -0.2) is 0 Å². The lowest BCUT2D eigenvalue weighted by molar-refractivity contribution is -0.0922. The Labute approximate surface area is 85.1 Å². The molecule has 1 heteroatoms. The Kier molecular flexibility index (Phi) is 1.88. The van der Waals surface area contributed by atoms with Gasteiger partial charge in [0.2, 0.25) is 0 Å². The van der Waals surface area contributed by atoms with Crippen LogP contribution in [0.1, 0.15) is 43.8 Å². The van der Waals surface area contributed by atoms with Gasteiger partial charge in [-0.1, -0.05) is 30.3 Å². The minimum absolute atomic E-state index is 0.292. The molecule has 1 heterocycles. The molecule has 1 aliphatic carbocycles. The highest BCUT2D eigenvalue weighted by atomic mass is 16.5. The molecule has 1 unspecified atom stereocenters. The summed E-state index contributed by atoms with van der Waals surface area (Å²) in [5.41, 5.74) is 1.65. The molecule has 1 aromatic rings. The molecule has 0 aromatic heterocycles. The van der Waals surface area contributed by atoms with E-state index in [0.717, 1.165) is 0 Å². The highest BCUT2D eigenvalue weighted by Gasteiger charge is 2.44. The van der Waals surface area contributed by atoms with Crippen LogP contribution < -0.4 is 0 Å². The maximum absolute atomic E-state index is 6.17. The Balaban J connectivity index is 1.76. The van der Waals surface area contributed by atoms with Crippen LogP contribution in [0.5, 0.6) is 0 Å². The molecule has 0 amide bonds. The quantitative estimate of drug-likeness (QED) is 0.655. The Morgan fingerprint density at radius 3 is 2.43 bits per heavy atom. The van der Waals surface area contributed by atoms with Gasteiger partial charge in [0, 0.05) is 0 Å². The smallest absolute Gasteiger partial charge is 0.0833 e. The maximum atomic E-state index is 6.17. The zero-order chi connectivity index (χ0) is 9.43. The van der Waals surface area contributed by atoms with E-state index in [0.29, 0.717) is 11.7 Å². The topological polar surface area (TPSA) is 9.23 Å². The molecule has 3 rings (SSSR count). The zero-order valence-corrected chi connectivity index (χ0v) is 8.41. The van der Waals surface area contributed by atoms with Crippen LogP contribution >= 0.6 is 0 Å². The van der Waals surface area contributed by atoms with Crippen LogP contribution in [0.15, 0.2) is 30.3 Å². The summed E-state index contributed by atoms with van der Waals surface area (Å²) in [6, 6.07) is 10.6. The number of hydrogen-bond acceptors (Lipinski definition) is 1. The van der Waals surface area contributed by atoms with Crippen LogP contribution in [0.25, 0.3) is 0 Å². The van der Waals surface area contributed by atoms with Crippen molar-refractivity contribution >= 4 is 0 Å². The Hall–Kier alpha value is -0.820. The van der Waals surface area contributed by atoms with Gasteiger partial charge in [-0.15, -0.1) is 0 Å². The second-order valence-corrected chi connectivity index (χ2v) is 4.59. The van der Waals surface area contributed by atoms with Crippen molar-refractivity contribution in [1.29, 1.82) is 0 Å². The third kappa shape index (κ3) is 1.27. The van der Waals surface area contributed by atoms with E-state index < -0.39 is 0 Å². The minimum atomic E-state index is 0.292. The predicted octanol–water partition coefficient (Wildman–Crippen LogP) is 3.46. The van der Waals surface area contributed by atoms with Crippen LogP contribution in [0.2, 0.25) is 0 Å². The van der Waals surface area contributed by atoms with E-state index in [1.165, 1.54) is 37.7 Å². The average molecular weight is 188 g/mol. The van der Waals surface area contributed by atoms with E-state index in [4.69, 9.17) is 4.74 Å². The van der Waals surface area contributed by atoms with Crippen molar-refractivity contribution in [3.05, 3.63) is 35.9 Å². The maximum Gasteiger partial charge on any atom is 0.0833 e. The molecule has 0 N–H and O–H groups in total. The van der Waals surface area contributed by atoms with Crippen molar-refractivity contribution in [1.82, 2.24) is 0 Å². The summed E-state index contributed by atoms with van der Waals surface area (Å²) in [4.78, 5) is 0. The summed E-state index contributed by atoms with van der Waals surface area (Å²) >= 11 is 0. The van der Waals surface area contributed by atoms with E-state index in [1.807, 2.05) is 0 Å². The molecule has 14 heavy (non-hydrogen) atoms. The van der Waals surface area contributed by atoms with Crippen LogP contribution in [0.3, 0.4) is 0 Å². The van der Waals surface area contributed by atoms with Crippen LogP contribution in [-0.4, -0.2) is 5.60 Å². The molecular formula is C13H16O. The molecule has 1 saturated carbocycles. The summed E-state index contributed by atoms with van der Waals surface area (Å²) < 4.78 is 6.17. The van der Waals surface area contributed by atoms with Gasteiger partial charge in [0.15, 0.2) is 0 Å². The molecule has 74 valence electrons. The van der Waals surface area contributed by atoms with Crippen molar-refractivity contribution in [3.63, 3.8) is 0 Å². The predicted molar refractivity (Wildman–Crippen MR) is 56.1 cm³/mol. The van der Waals surface area contributed by atoms with Gasteiger partial charge in [-0.2, -0.15) is 0 Å². The normalized spacial score (nSPS) is 29.0. The van der Waals surface area contributed by atoms with E-state index in [2.05, 4.69) is 30.3 Å². The highest BCUT2D eigenvalue weighted by Crippen LogP contribution is 2.49. The van der Waals surface area contributed by atoms with Crippen molar-refractivity contribution in [3.8, 4) is 0 Å². The first-order valence-corrected chi connectivity index (χ1v) is 5.61. The number of ether oxygens (including phenoxy) is 1. The van der Waals surface area contributed by atoms with Gasteiger partial charge in [0.05, 0.1) is 11.7 Å². The first kappa shape index (κ1) is 8.49. The monoisotopic (exact) mass is 188 g/mol. The van der Waals surface area contributed by atoms with E-state index in [1.54, 1.807) is 0 Å². The van der Waals surface area contributed by atoms with Crippen molar-refractivity contribution in [2.24, 2.45) is 0 Å². The summed E-state index contributed by atoms with van der Waals surface area (Å²) in [7, 11) is 0. The molecule has 1 atom stereocenters. The fourth-order valence-electron chi connectivity index (χ4n) is 2.66. The molecule has 0 bridgehead atoms. The SMILES string of the molecule is c1ccc(C2CCC3(CCC3)O2)cc1. The molecule has 1 nitrogen and oxygen atoms in total.